The highest BCUT2D eigenvalue weighted by Gasteiger charge is 2.46. The van der Waals surface area contributed by atoms with Crippen LogP contribution in [0.1, 0.15) is 39.0 Å². The van der Waals surface area contributed by atoms with E-state index in [1.54, 1.807) is 0 Å². The number of hydrogen-bond donors (Lipinski definition) is 1. The normalized spacial score (nSPS) is 44.8. The molecule has 0 aromatic carbocycles. The first-order valence-electron chi connectivity index (χ1n) is 6.26. The lowest BCUT2D eigenvalue weighted by molar-refractivity contribution is 0.194. The molecule has 1 aliphatic carbocycles. The Morgan fingerprint density at radius 2 is 2.21 bits per heavy atom. The largest absolute Gasteiger partial charge is 0.316 e. The first-order chi connectivity index (χ1) is 6.79. The van der Waals surface area contributed by atoms with Crippen LogP contribution in [0.25, 0.3) is 0 Å². The van der Waals surface area contributed by atoms with Gasteiger partial charge in [0.25, 0.3) is 0 Å². The number of hydrogen-bond acceptors (Lipinski definition) is 2. The fourth-order valence-electron chi connectivity index (χ4n) is 3.59. The molecule has 3 fully saturated rings. The zero-order valence-electron chi connectivity index (χ0n) is 9.26. The molecule has 2 unspecified atom stereocenters. The topological polar surface area (TPSA) is 15.3 Å². The summed E-state index contributed by atoms with van der Waals surface area (Å²) in [6.45, 7) is 6.34. The van der Waals surface area contributed by atoms with Gasteiger partial charge in [0.05, 0.1) is 0 Å². The summed E-state index contributed by atoms with van der Waals surface area (Å²) in [5, 5.41) is 3.59. The minimum atomic E-state index is 0.653. The number of rotatable bonds is 1. The van der Waals surface area contributed by atoms with Crippen molar-refractivity contribution in [1.29, 1.82) is 0 Å². The second-order valence-electron chi connectivity index (χ2n) is 5.74. The third-order valence-corrected chi connectivity index (χ3v) is 4.39. The van der Waals surface area contributed by atoms with Crippen molar-refractivity contribution in [2.24, 2.45) is 5.41 Å². The Morgan fingerprint density at radius 3 is 2.86 bits per heavy atom. The maximum absolute atomic E-state index is 3.59. The summed E-state index contributed by atoms with van der Waals surface area (Å²) in [5.74, 6) is 0. The molecule has 2 heteroatoms. The van der Waals surface area contributed by atoms with Crippen molar-refractivity contribution in [2.75, 3.05) is 19.6 Å². The molecule has 3 rings (SSSR count). The maximum Gasteiger partial charge on any atom is 0.00994 e. The molecular formula is C12H22N2. The van der Waals surface area contributed by atoms with E-state index >= 15 is 0 Å². The minimum Gasteiger partial charge on any atom is -0.316 e. The van der Waals surface area contributed by atoms with Crippen LogP contribution in [0.5, 0.6) is 0 Å². The molecule has 2 aliphatic heterocycles. The molecular weight excluding hydrogens is 172 g/mol. The van der Waals surface area contributed by atoms with E-state index in [0.29, 0.717) is 5.41 Å². The zero-order valence-corrected chi connectivity index (χ0v) is 9.26. The predicted octanol–water partition coefficient (Wildman–Crippen LogP) is 1.61. The van der Waals surface area contributed by atoms with Crippen LogP contribution in [0, 0.1) is 5.41 Å². The smallest absolute Gasteiger partial charge is 0.00994 e. The van der Waals surface area contributed by atoms with Crippen molar-refractivity contribution in [1.82, 2.24) is 10.2 Å². The molecule has 14 heavy (non-hydrogen) atoms. The van der Waals surface area contributed by atoms with Crippen molar-refractivity contribution in [2.45, 2.75) is 51.1 Å². The van der Waals surface area contributed by atoms with Gasteiger partial charge in [-0.25, -0.2) is 0 Å². The van der Waals surface area contributed by atoms with E-state index in [2.05, 4.69) is 17.1 Å². The van der Waals surface area contributed by atoms with Crippen LogP contribution < -0.4 is 5.32 Å². The molecule has 0 amide bonds. The van der Waals surface area contributed by atoms with E-state index in [-0.39, 0.29) is 0 Å². The van der Waals surface area contributed by atoms with Gasteiger partial charge in [0.15, 0.2) is 0 Å². The van der Waals surface area contributed by atoms with Crippen LogP contribution >= 0.6 is 0 Å². The van der Waals surface area contributed by atoms with Gasteiger partial charge in [-0.2, -0.15) is 0 Å². The summed E-state index contributed by atoms with van der Waals surface area (Å²) in [4.78, 5) is 2.78. The van der Waals surface area contributed by atoms with E-state index in [4.69, 9.17) is 0 Å². The lowest BCUT2D eigenvalue weighted by Gasteiger charge is -2.34. The minimum absolute atomic E-state index is 0.653. The predicted molar refractivity (Wildman–Crippen MR) is 58.3 cm³/mol. The van der Waals surface area contributed by atoms with Crippen LogP contribution in [0.2, 0.25) is 0 Å². The molecule has 0 aromatic rings. The maximum atomic E-state index is 3.59. The summed E-state index contributed by atoms with van der Waals surface area (Å²) in [6, 6.07) is 1.81. The van der Waals surface area contributed by atoms with Crippen molar-refractivity contribution < 1.29 is 0 Å². The summed E-state index contributed by atoms with van der Waals surface area (Å²) >= 11 is 0. The lowest BCUT2D eigenvalue weighted by Crippen LogP contribution is -2.42. The van der Waals surface area contributed by atoms with E-state index < -0.39 is 0 Å². The molecule has 3 aliphatic rings. The first kappa shape index (κ1) is 9.17. The van der Waals surface area contributed by atoms with Gasteiger partial charge < -0.3 is 5.32 Å². The summed E-state index contributed by atoms with van der Waals surface area (Å²) in [6.07, 6.45) is 7.23. The average molecular weight is 194 g/mol. The van der Waals surface area contributed by atoms with Gasteiger partial charge >= 0.3 is 0 Å². The van der Waals surface area contributed by atoms with E-state index in [1.165, 1.54) is 51.7 Å². The molecule has 2 nitrogen and oxygen atoms in total. The van der Waals surface area contributed by atoms with Gasteiger partial charge in [-0.1, -0.05) is 0 Å². The number of nitrogens with one attached hydrogen (secondary N) is 1. The van der Waals surface area contributed by atoms with Gasteiger partial charge in [0, 0.05) is 25.2 Å². The molecule has 0 bridgehead atoms. The molecule has 80 valence electrons. The Morgan fingerprint density at radius 1 is 1.36 bits per heavy atom. The Bertz CT molecular complexity index is 216. The van der Waals surface area contributed by atoms with Crippen LogP contribution in [-0.2, 0) is 0 Å². The quantitative estimate of drug-likeness (QED) is 0.682. The molecule has 0 aromatic heterocycles. The van der Waals surface area contributed by atoms with Gasteiger partial charge in [-0.05, 0) is 51.0 Å². The van der Waals surface area contributed by atoms with Crippen LogP contribution in [0.4, 0.5) is 0 Å². The van der Waals surface area contributed by atoms with Crippen molar-refractivity contribution in [3.05, 3.63) is 0 Å². The van der Waals surface area contributed by atoms with Crippen LogP contribution in [0.3, 0.4) is 0 Å². The van der Waals surface area contributed by atoms with Crippen molar-refractivity contribution in [3.63, 3.8) is 0 Å². The van der Waals surface area contributed by atoms with Gasteiger partial charge in [-0.3, -0.25) is 4.90 Å². The van der Waals surface area contributed by atoms with Gasteiger partial charge in [-0.15, -0.1) is 0 Å². The lowest BCUT2D eigenvalue weighted by atomic mass is 9.79. The monoisotopic (exact) mass is 194 g/mol. The molecule has 0 radical (unpaired) electrons. The van der Waals surface area contributed by atoms with Gasteiger partial charge in [0.2, 0.25) is 0 Å². The highest BCUT2D eigenvalue weighted by molar-refractivity contribution is 5.02. The Balaban J connectivity index is 1.70. The molecule has 2 saturated heterocycles. The highest BCUT2D eigenvalue weighted by atomic mass is 15.2. The third kappa shape index (κ3) is 1.49. The fourth-order valence-corrected chi connectivity index (χ4v) is 3.59. The number of piperidine rings is 1. The molecule has 1 spiro atoms. The Kier molecular flexibility index (Phi) is 2.10. The summed E-state index contributed by atoms with van der Waals surface area (Å²) < 4.78 is 0. The number of nitrogens with zero attached hydrogens (tertiary/aromatic N) is 1. The first-order valence-corrected chi connectivity index (χ1v) is 6.26. The molecule has 1 saturated carbocycles. The van der Waals surface area contributed by atoms with Gasteiger partial charge in [0.1, 0.15) is 0 Å². The van der Waals surface area contributed by atoms with Crippen molar-refractivity contribution >= 4 is 0 Å². The standard InChI is InChI=1S/C12H22N2/c1-10-7-12(5-2-6-13-8-12)9-14(10)11-3-4-11/h10-11,13H,2-9H2,1H3. The Labute approximate surface area is 87.0 Å². The Hall–Kier alpha value is -0.0800. The zero-order chi connectivity index (χ0) is 9.60. The third-order valence-electron chi connectivity index (χ3n) is 4.39. The second kappa shape index (κ2) is 3.21. The number of likely N-dealkylation sites (tertiary alicyclic amines) is 1. The van der Waals surface area contributed by atoms with Crippen LogP contribution in [-0.4, -0.2) is 36.6 Å². The van der Waals surface area contributed by atoms with E-state index in [1.807, 2.05) is 0 Å². The average Bonchev–Trinajstić information content (AvgIpc) is 2.95. The molecule has 1 N–H and O–H groups in total. The highest BCUT2D eigenvalue weighted by Crippen LogP contribution is 2.44. The van der Waals surface area contributed by atoms with E-state index in [9.17, 15) is 0 Å². The summed E-state index contributed by atoms with van der Waals surface area (Å²) in [5.41, 5.74) is 0.653. The SMILES string of the molecule is CC1CC2(CCCNC2)CN1C1CC1. The molecule has 2 heterocycles. The van der Waals surface area contributed by atoms with Crippen LogP contribution in [0.15, 0.2) is 0 Å². The second-order valence-corrected chi connectivity index (χ2v) is 5.74. The van der Waals surface area contributed by atoms with E-state index in [0.717, 1.165) is 12.1 Å². The fraction of sp³-hybridized carbons (Fsp3) is 1.00. The summed E-state index contributed by atoms with van der Waals surface area (Å²) in [7, 11) is 0. The van der Waals surface area contributed by atoms with Crippen molar-refractivity contribution in [3.8, 4) is 0 Å². The molecule has 2 atom stereocenters.